The fourth-order valence-electron chi connectivity index (χ4n) is 1.97. The number of hydrogen-bond acceptors (Lipinski definition) is 3. The molecule has 1 fully saturated rings. The Morgan fingerprint density at radius 2 is 2.11 bits per heavy atom. The molecule has 2 amide bonds. The topological polar surface area (TPSA) is 73.2 Å². The number of hydrogen-bond donors (Lipinski definition) is 1. The van der Waals surface area contributed by atoms with Crippen LogP contribution in [0.4, 0.5) is 11.4 Å². The summed E-state index contributed by atoms with van der Waals surface area (Å²) >= 11 is 0. The van der Waals surface area contributed by atoms with Gasteiger partial charge in [-0.15, -0.1) is 0 Å². The Morgan fingerprint density at radius 1 is 1.44 bits per heavy atom. The zero-order valence-electron chi connectivity index (χ0n) is 10.0. The van der Waals surface area contributed by atoms with E-state index in [0.717, 1.165) is 5.69 Å². The molecule has 1 aliphatic rings. The van der Waals surface area contributed by atoms with Gasteiger partial charge in [0.05, 0.1) is 12.0 Å². The third kappa shape index (κ3) is 2.48. The third-order valence-corrected chi connectivity index (χ3v) is 2.81. The van der Waals surface area contributed by atoms with Gasteiger partial charge in [-0.25, -0.2) is 0 Å². The molecule has 0 radical (unpaired) electrons. The van der Waals surface area contributed by atoms with E-state index in [-0.39, 0.29) is 24.2 Å². The number of nitriles is 1. The van der Waals surface area contributed by atoms with Crippen molar-refractivity contribution >= 4 is 23.2 Å². The number of nitrogens with one attached hydrogen (secondary N) is 1. The summed E-state index contributed by atoms with van der Waals surface area (Å²) in [5.74, 6) is -0.397. The van der Waals surface area contributed by atoms with Gasteiger partial charge in [-0.3, -0.25) is 9.59 Å². The highest BCUT2D eigenvalue weighted by Crippen LogP contribution is 2.25. The molecule has 1 N–H and O–H groups in total. The van der Waals surface area contributed by atoms with Gasteiger partial charge in [-0.1, -0.05) is 0 Å². The van der Waals surface area contributed by atoms with Crippen LogP contribution in [0.1, 0.15) is 13.3 Å². The van der Waals surface area contributed by atoms with Gasteiger partial charge in [-0.2, -0.15) is 5.26 Å². The molecule has 1 heterocycles. The van der Waals surface area contributed by atoms with Gasteiger partial charge in [0, 0.05) is 31.3 Å². The van der Waals surface area contributed by atoms with E-state index >= 15 is 0 Å². The molecule has 1 aromatic rings. The van der Waals surface area contributed by atoms with Crippen molar-refractivity contribution < 1.29 is 9.59 Å². The highest BCUT2D eigenvalue weighted by atomic mass is 16.2. The van der Waals surface area contributed by atoms with Crippen LogP contribution in [0.15, 0.2) is 24.3 Å². The Kier molecular flexibility index (Phi) is 3.28. The number of carbonyl (C=O) groups excluding carboxylic acids is 2. The van der Waals surface area contributed by atoms with Crippen molar-refractivity contribution in [2.45, 2.75) is 13.3 Å². The van der Waals surface area contributed by atoms with E-state index in [0.29, 0.717) is 12.2 Å². The molecule has 18 heavy (non-hydrogen) atoms. The largest absolute Gasteiger partial charge is 0.326 e. The first-order chi connectivity index (χ1) is 8.60. The Hall–Kier alpha value is -2.35. The van der Waals surface area contributed by atoms with E-state index in [1.54, 1.807) is 29.2 Å². The minimum absolute atomic E-state index is 0.0335. The third-order valence-electron chi connectivity index (χ3n) is 2.81. The molecule has 5 heteroatoms. The molecule has 92 valence electrons. The van der Waals surface area contributed by atoms with Gasteiger partial charge in [0.2, 0.25) is 11.8 Å². The summed E-state index contributed by atoms with van der Waals surface area (Å²) in [5, 5.41) is 11.5. The second kappa shape index (κ2) is 4.88. The van der Waals surface area contributed by atoms with Crippen LogP contribution in [0.2, 0.25) is 0 Å². The molecule has 1 saturated heterocycles. The van der Waals surface area contributed by atoms with Gasteiger partial charge in [0.25, 0.3) is 0 Å². The van der Waals surface area contributed by atoms with Crippen LogP contribution in [0.3, 0.4) is 0 Å². The minimum atomic E-state index is -0.229. The SMILES string of the molecule is CC(=O)Nc1ccc(N2CC(C#N)CC2=O)cc1. The van der Waals surface area contributed by atoms with E-state index in [1.165, 1.54) is 6.92 Å². The fraction of sp³-hybridized carbons (Fsp3) is 0.308. The van der Waals surface area contributed by atoms with Crippen LogP contribution >= 0.6 is 0 Å². The van der Waals surface area contributed by atoms with E-state index in [9.17, 15) is 9.59 Å². The molecular weight excluding hydrogens is 230 g/mol. The number of amides is 2. The maximum absolute atomic E-state index is 11.7. The van der Waals surface area contributed by atoms with Crippen molar-refractivity contribution in [1.29, 1.82) is 5.26 Å². The van der Waals surface area contributed by atoms with Gasteiger partial charge in [-0.05, 0) is 24.3 Å². The van der Waals surface area contributed by atoms with Gasteiger partial charge in [0.15, 0.2) is 0 Å². The lowest BCUT2D eigenvalue weighted by Crippen LogP contribution is -2.24. The lowest BCUT2D eigenvalue weighted by molar-refractivity contribution is -0.117. The quantitative estimate of drug-likeness (QED) is 0.855. The molecule has 0 bridgehead atoms. The molecule has 1 aromatic carbocycles. The highest BCUT2D eigenvalue weighted by Gasteiger charge is 2.30. The summed E-state index contributed by atoms with van der Waals surface area (Å²) in [6.07, 6.45) is 0.282. The predicted molar refractivity (Wildman–Crippen MR) is 66.8 cm³/mol. The van der Waals surface area contributed by atoms with E-state index < -0.39 is 0 Å². The van der Waals surface area contributed by atoms with Crippen molar-refractivity contribution in [2.75, 3.05) is 16.8 Å². The Balaban J connectivity index is 2.13. The number of nitrogens with zero attached hydrogens (tertiary/aromatic N) is 2. The minimum Gasteiger partial charge on any atom is -0.326 e. The van der Waals surface area contributed by atoms with Crippen molar-refractivity contribution in [3.8, 4) is 6.07 Å². The second-order valence-corrected chi connectivity index (χ2v) is 4.26. The molecule has 0 aromatic heterocycles. The van der Waals surface area contributed by atoms with Crippen LogP contribution in [0, 0.1) is 17.2 Å². The predicted octanol–water partition coefficient (Wildman–Crippen LogP) is 1.52. The summed E-state index contributed by atoms with van der Waals surface area (Å²) in [6, 6.07) is 9.13. The maximum Gasteiger partial charge on any atom is 0.228 e. The van der Waals surface area contributed by atoms with E-state index in [2.05, 4.69) is 11.4 Å². The summed E-state index contributed by atoms with van der Waals surface area (Å²) in [7, 11) is 0. The average Bonchev–Trinajstić information content (AvgIpc) is 2.71. The molecule has 0 spiro atoms. The van der Waals surface area contributed by atoms with Crippen molar-refractivity contribution in [2.24, 2.45) is 5.92 Å². The first-order valence-corrected chi connectivity index (χ1v) is 5.68. The standard InChI is InChI=1S/C13H13N3O2/c1-9(17)15-11-2-4-12(5-3-11)16-8-10(7-14)6-13(16)18/h2-5,10H,6,8H2,1H3,(H,15,17). The van der Waals surface area contributed by atoms with E-state index in [1.807, 2.05) is 0 Å². The summed E-state index contributed by atoms with van der Waals surface area (Å²) in [4.78, 5) is 24.2. The molecular formula is C13H13N3O2. The molecule has 0 aliphatic carbocycles. The zero-order valence-corrected chi connectivity index (χ0v) is 10.0. The lowest BCUT2D eigenvalue weighted by atomic mass is 10.1. The lowest BCUT2D eigenvalue weighted by Gasteiger charge is -2.16. The average molecular weight is 243 g/mol. The van der Waals surface area contributed by atoms with Gasteiger partial charge < -0.3 is 10.2 Å². The molecule has 2 rings (SSSR count). The molecule has 1 aliphatic heterocycles. The Bertz CT molecular complexity index is 516. The van der Waals surface area contributed by atoms with Gasteiger partial charge in [0.1, 0.15) is 0 Å². The smallest absolute Gasteiger partial charge is 0.228 e. The van der Waals surface area contributed by atoms with Gasteiger partial charge >= 0.3 is 0 Å². The van der Waals surface area contributed by atoms with Crippen LogP contribution in [-0.4, -0.2) is 18.4 Å². The van der Waals surface area contributed by atoms with E-state index in [4.69, 9.17) is 5.26 Å². The summed E-state index contributed by atoms with van der Waals surface area (Å²) in [6.45, 7) is 1.88. The number of carbonyl (C=O) groups is 2. The molecule has 0 saturated carbocycles. The Morgan fingerprint density at radius 3 is 2.61 bits per heavy atom. The van der Waals surface area contributed by atoms with Crippen LogP contribution in [-0.2, 0) is 9.59 Å². The molecule has 1 unspecified atom stereocenters. The van der Waals surface area contributed by atoms with Crippen LogP contribution in [0.25, 0.3) is 0 Å². The van der Waals surface area contributed by atoms with Crippen molar-refractivity contribution in [3.05, 3.63) is 24.3 Å². The van der Waals surface area contributed by atoms with Crippen LogP contribution in [0.5, 0.6) is 0 Å². The normalized spacial score (nSPS) is 18.6. The number of anilines is 2. The Labute approximate surface area is 105 Å². The molecule has 5 nitrogen and oxygen atoms in total. The molecule has 1 atom stereocenters. The number of rotatable bonds is 2. The second-order valence-electron chi connectivity index (χ2n) is 4.26. The summed E-state index contributed by atoms with van der Waals surface area (Å²) in [5.41, 5.74) is 1.45. The first-order valence-electron chi connectivity index (χ1n) is 5.68. The highest BCUT2D eigenvalue weighted by molar-refractivity contribution is 5.96. The first kappa shape index (κ1) is 12.1. The fourth-order valence-corrected chi connectivity index (χ4v) is 1.97. The maximum atomic E-state index is 11.7. The zero-order chi connectivity index (χ0) is 13.1. The summed E-state index contributed by atoms with van der Waals surface area (Å²) < 4.78 is 0. The number of benzene rings is 1. The van der Waals surface area contributed by atoms with Crippen LogP contribution < -0.4 is 10.2 Å². The monoisotopic (exact) mass is 243 g/mol. The van der Waals surface area contributed by atoms with Crippen molar-refractivity contribution in [1.82, 2.24) is 0 Å². The van der Waals surface area contributed by atoms with Crippen molar-refractivity contribution in [3.63, 3.8) is 0 Å².